The number of carbonyl (C=O) groups excluding carboxylic acids is 1. The van der Waals surface area contributed by atoms with Gasteiger partial charge in [0.1, 0.15) is 13.2 Å². The number of nitrogens with zero attached hydrogens (tertiary/aromatic N) is 1. The molecule has 0 rings (SSSR count). The van der Waals surface area contributed by atoms with E-state index in [1.807, 2.05) is 27.2 Å². The molecule has 0 heterocycles. The Morgan fingerprint density at radius 2 is 0.827 bits per heavy atom. The lowest BCUT2D eigenvalue weighted by atomic mass is 10.0. The third-order valence-electron chi connectivity index (χ3n) is 13.2. The van der Waals surface area contributed by atoms with Crippen LogP contribution in [-0.4, -0.2) is 68.5 Å². The summed E-state index contributed by atoms with van der Waals surface area (Å²) in [4.78, 5) is 25.5. The van der Waals surface area contributed by atoms with Crippen molar-refractivity contribution in [1.29, 1.82) is 0 Å². The van der Waals surface area contributed by atoms with Crippen molar-refractivity contribution in [2.24, 2.45) is 0 Å². The molecular weight excluding hydrogens is 948 g/mol. The molecule has 0 saturated heterocycles. The molecule has 0 saturated carbocycles. The van der Waals surface area contributed by atoms with Crippen molar-refractivity contribution in [3.63, 3.8) is 0 Å². The second kappa shape index (κ2) is 55.9. The Morgan fingerprint density at radius 1 is 0.480 bits per heavy atom. The van der Waals surface area contributed by atoms with E-state index in [-0.39, 0.29) is 12.5 Å². The van der Waals surface area contributed by atoms with Crippen LogP contribution in [0.25, 0.3) is 0 Å². The number of amides is 1. The number of aliphatic hydroxyl groups excluding tert-OH is 1. The predicted molar refractivity (Wildman–Crippen MR) is 325 cm³/mol. The van der Waals surface area contributed by atoms with E-state index >= 15 is 0 Å². The largest absolute Gasteiger partial charge is 0.756 e. The Kier molecular flexibility index (Phi) is 53.8. The maximum absolute atomic E-state index is 13.0. The number of hydrogen-bond acceptors (Lipinski definition) is 6. The fourth-order valence-electron chi connectivity index (χ4n) is 8.42. The van der Waals surface area contributed by atoms with Gasteiger partial charge in [0.2, 0.25) is 5.91 Å². The van der Waals surface area contributed by atoms with Gasteiger partial charge in [0, 0.05) is 6.42 Å². The van der Waals surface area contributed by atoms with Gasteiger partial charge in [-0.3, -0.25) is 9.36 Å². The molecule has 0 spiro atoms. The quantitative estimate of drug-likeness (QED) is 0.0272. The van der Waals surface area contributed by atoms with Crippen LogP contribution < -0.4 is 10.2 Å². The minimum Gasteiger partial charge on any atom is -0.756 e. The Morgan fingerprint density at radius 3 is 1.24 bits per heavy atom. The molecular formula is C66H117N2O6P. The van der Waals surface area contributed by atoms with Crippen LogP contribution in [0.5, 0.6) is 0 Å². The molecule has 8 nitrogen and oxygen atoms in total. The molecule has 2 N–H and O–H groups in total. The topological polar surface area (TPSA) is 108 Å². The van der Waals surface area contributed by atoms with E-state index in [1.165, 1.54) is 141 Å². The van der Waals surface area contributed by atoms with E-state index < -0.39 is 26.6 Å². The summed E-state index contributed by atoms with van der Waals surface area (Å²) in [6, 6.07) is -0.913. The van der Waals surface area contributed by atoms with Gasteiger partial charge < -0.3 is 28.8 Å². The Labute approximate surface area is 463 Å². The maximum Gasteiger partial charge on any atom is 0.268 e. The number of aliphatic hydroxyl groups is 1. The Bertz CT molecular complexity index is 1590. The van der Waals surface area contributed by atoms with Crippen molar-refractivity contribution in [3.05, 3.63) is 109 Å². The zero-order valence-corrected chi connectivity index (χ0v) is 50.1. The molecule has 0 aliphatic rings. The van der Waals surface area contributed by atoms with Crippen LogP contribution in [0.15, 0.2) is 109 Å². The monoisotopic (exact) mass is 1060 g/mol. The van der Waals surface area contributed by atoms with Gasteiger partial charge in [0.05, 0.1) is 39.9 Å². The number of allylic oxidation sites excluding steroid dienone is 17. The van der Waals surface area contributed by atoms with Crippen molar-refractivity contribution in [2.75, 3.05) is 40.9 Å². The van der Waals surface area contributed by atoms with Crippen molar-refractivity contribution in [1.82, 2.24) is 5.32 Å². The summed E-state index contributed by atoms with van der Waals surface area (Å²) in [7, 11) is 1.23. The highest BCUT2D eigenvalue weighted by atomic mass is 31.2. The minimum atomic E-state index is -4.61. The smallest absolute Gasteiger partial charge is 0.268 e. The first-order valence-corrected chi connectivity index (χ1v) is 32.2. The normalized spacial score (nSPS) is 14.6. The van der Waals surface area contributed by atoms with E-state index in [4.69, 9.17) is 9.05 Å². The third kappa shape index (κ3) is 58.7. The predicted octanol–water partition coefficient (Wildman–Crippen LogP) is 18.5. The van der Waals surface area contributed by atoms with E-state index in [2.05, 4.69) is 116 Å². The molecule has 3 unspecified atom stereocenters. The lowest BCUT2D eigenvalue weighted by Gasteiger charge is -2.29. The number of phosphoric ester groups is 1. The van der Waals surface area contributed by atoms with Crippen molar-refractivity contribution >= 4 is 13.7 Å². The number of unbranched alkanes of at least 4 members (excludes halogenated alkanes) is 26. The standard InChI is InChI=1S/C66H117N2O6P/c1-6-8-10-12-14-16-18-20-22-23-24-25-26-27-28-29-30-31-32-33-34-35-36-37-38-39-40-41-42-43-44-45-46-48-50-52-54-56-58-60-66(70)67-64(63-74-75(71,72)73-62-61-68(3,4)5)65(69)59-57-55-53-51-49-47-21-19-17-15-13-11-9-7-2/h8,10,14,16-17,19-20,22,24-25,27-28,30-31,49,51,57,59,64-65,69H,6-7,9,11-13,15,18,21,23,26,29,32-48,50,52-56,58,60-63H2,1-5H3,(H-,67,70,71,72)/b10-8-,16-14-,19-17+,22-20-,25-24-,28-27-,31-30-,51-49+,59-57+. The third-order valence-corrected chi connectivity index (χ3v) is 14.2. The Balaban J connectivity index is 3.99. The van der Waals surface area contributed by atoms with Gasteiger partial charge in [-0.25, -0.2) is 0 Å². The first-order valence-electron chi connectivity index (χ1n) is 30.7. The summed E-state index contributed by atoms with van der Waals surface area (Å²) >= 11 is 0. The summed E-state index contributed by atoms with van der Waals surface area (Å²) in [5.41, 5.74) is 0. The summed E-state index contributed by atoms with van der Waals surface area (Å²) in [6.45, 7) is 4.48. The van der Waals surface area contributed by atoms with Crippen LogP contribution in [0.1, 0.15) is 251 Å². The summed E-state index contributed by atoms with van der Waals surface area (Å²) in [6.07, 6.45) is 82.0. The number of hydrogen-bond donors (Lipinski definition) is 2. The van der Waals surface area contributed by atoms with Crippen LogP contribution in [0.3, 0.4) is 0 Å². The van der Waals surface area contributed by atoms with E-state index in [9.17, 15) is 19.4 Å². The highest BCUT2D eigenvalue weighted by Crippen LogP contribution is 2.38. The number of phosphoric acid groups is 1. The van der Waals surface area contributed by atoms with Crippen molar-refractivity contribution in [2.45, 2.75) is 264 Å². The van der Waals surface area contributed by atoms with Gasteiger partial charge in [-0.05, 0) is 96.3 Å². The fourth-order valence-corrected chi connectivity index (χ4v) is 9.15. The van der Waals surface area contributed by atoms with Crippen LogP contribution in [0, 0.1) is 0 Å². The maximum atomic E-state index is 13.0. The zero-order valence-electron chi connectivity index (χ0n) is 49.2. The van der Waals surface area contributed by atoms with Crippen LogP contribution in [0.4, 0.5) is 0 Å². The number of rotatable bonds is 55. The number of nitrogens with one attached hydrogen (secondary N) is 1. The number of likely N-dealkylation sites (N-methyl/N-ethyl adjacent to an activating group) is 1. The summed E-state index contributed by atoms with van der Waals surface area (Å²) in [5, 5.41) is 13.8. The molecule has 0 aromatic rings. The summed E-state index contributed by atoms with van der Waals surface area (Å²) < 4.78 is 23.3. The van der Waals surface area contributed by atoms with Crippen molar-refractivity contribution < 1.29 is 32.9 Å². The molecule has 0 radical (unpaired) electrons. The van der Waals surface area contributed by atoms with Gasteiger partial charge in [0.25, 0.3) is 7.82 Å². The van der Waals surface area contributed by atoms with E-state index in [0.717, 1.165) is 89.9 Å². The van der Waals surface area contributed by atoms with E-state index in [1.54, 1.807) is 6.08 Å². The summed E-state index contributed by atoms with van der Waals surface area (Å²) in [5.74, 6) is -0.213. The zero-order chi connectivity index (χ0) is 54.9. The van der Waals surface area contributed by atoms with Gasteiger partial charge in [0.15, 0.2) is 0 Å². The van der Waals surface area contributed by atoms with Gasteiger partial charge >= 0.3 is 0 Å². The number of carbonyl (C=O) groups is 1. The molecule has 0 fully saturated rings. The molecule has 3 atom stereocenters. The molecule has 432 valence electrons. The average Bonchev–Trinajstić information content (AvgIpc) is 3.37. The SMILES string of the molecule is CC/C=C\C/C=C\C/C=C\C/C=C\C/C=C\C/C=C\CCCCCCCCCCCCCCCCCCCCCCC(=O)NC(COP(=O)([O-])OCC[N+](C)(C)C)C(O)/C=C/CC/C=C/CC/C=C/CCCCCC. The first kappa shape index (κ1) is 72.2. The van der Waals surface area contributed by atoms with Crippen LogP contribution >= 0.6 is 7.82 Å². The Hall–Kier alpha value is -2.84. The molecule has 0 aromatic heterocycles. The second-order valence-electron chi connectivity index (χ2n) is 21.7. The molecule has 0 aliphatic heterocycles. The molecule has 9 heteroatoms. The lowest BCUT2D eigenvalue weighted by molar-refractivity contribution is -0.870. The first-order chi connectivity index (χ1) is 36.5. The molecule has 0 aliphatic carbocycles. The van der Waals surface area contributed by atoms with Gasteiger partial charge in [-0.2, -0.15) is 0 Å². The number of quaternary nitrogens is 1. The average molecular weight is 1070 g/mol. The molecule has 0 bridgehead atoms. The van der Waals surface area contributed by atoms with Crippen LogP contribution in [0.2, 0.25) is 0 Å². The van der Waals surface area contributed by atoms with E-state index in [0.29, 0.717) is 17.4 Å². The molecule has 75 heavy (non-hydrogen) atoms. The van der Waals surface area contributed by atoms with Gasteiger partial charge in [-0.1, -0.05) is 258 Å². The van der Waals surface area contributed by atoms with Crippen molar-refractivity contribution in [3.8, 4) is 0 Å². The lowest BCUT2D eigenvalue weighted by Crippen LogP contribution is -2.45. The molecule has 1 amide bonds. The van der Waals surface area contributed by atoms with Crippen LogP contribution in [-0.2, 0) is 18.4 Å². The second-order valence-corrected chi connectivity index (χ2v) is 23.1. The highest BCUT2D eigenvalue weighted by molar-refractivity contribution is 7.45. The fraction of sp³-hybridized carbons (Fsp3) is 0.712. The van der Waals surface area contributed by atoms with Gasteiger partial charge in [-0.15, -0.1) is 0 Å². The highest BCUT2D eigenvalue weighted by Gasteiger charge is 2.23. The minimum absolute atomic E-state index is 0.0117. The molecule has 0 aromatic carbocycles.